The highest BCUT2D eigenvalue weighted by Gasteiger charge is 2.44. The third-order valence-corrected chi connectivity index (χ3v) is 7.22. The van der Waals surface area contributed by atoms with Crippen LogP contribution in [0.2, 0.25) is 0 Å². The summed E-state index contributed by atoms with van der Waals surface area (Å²) < 4.78 is 33.7. The number of benzene rings is 2. The molecular formula is C21H19N3O5S. The first-order chi connectivity index (χ1) is 14.4. The molecule has 1 fully saturated rings. The lowest BCUT2D eigenvalue weighted by Crippen LogP contribution is -2.62. The maximum Gasteiger partial charge on any atom is 0.289 e. The van der Waals surface area contributed by atoms with Gasteiger partial charge in [-0.3, -0.25) is 9.59 Å². The topological polar surface area (TPSA) is 109 Å². The lowest BCUT2D eigenvalue weighted by atomic mass is 9.96. The lowest BCUT2D eigenvalue weighted by molar-refractivity contribution is 0.0644. The number of rotatable bonds is 1. The second kappa shape index (κ2) is 6.68. The first-order valence-corrected chi connectivity index (χ1v) is 11.1. The van der Waals surface area contributed by atoms with Crippen LogP contribution in [0.25, 0.3) is 11.0 Å². The van der Waals surface area contributed by atoms with E-state index < -0.39 is 15.7 Å². The first-order valence-electron chi connectivity index (χ1n) is 9.60. The fourth-order valence-corrected chi connectivity index (χ4v) is 5.63. The van der Waals surface area contributed by atoms with E-state index in [-0.39, 0.29) is 22.0 Å². The molecule has 1 aromatic heterocycles. The van der Waals surface area contributed by atoms with E-state index in [0.29, 0.717) is 42.6 Å². The van der Waals surface area contributed by atoms with Crippen molar-refractivity contribution < 1.29 is 17.6 Å². The Balaban J connectivity index is 1.38. The number of carbonyl (C=O) groups excluding carboxylic acids is 1. The summed E-state index contributed by atoms with van der Waals surface area (Å²) in [5.41, 5.74) is -0.211. The van der Waals surface area contributed by atoms with Crippen LogP contribution < -0.4 is 15.5 Å². The molecule has 1 saturated heterocycles. The van der Waals surface area contributed by atoms with E-state index in [0.717, 1.165) is 0 Å². The summed E-state index contributed by atoms with van der Waals surface area (Å²) in [5.74, 6) is -0.399. The summed E-state index contributed by atoms with van der Waals surface area (Å²) in [6.07, 6.45) is 0.758. The number of piperidine rings is 1. The van der Waals surface area contributed by atoms with Gasteiger partial charge >= 0.3 is 0 Å². The van der Waals surface area contributed by atoms with Gasteiger partial charge in [-0.05, 0) is 24.3 Å². The zero-order chi connectivity index (χ0) is 20.9. The van der Waals surface area contributed by atoms with Gasteiger partial charge in [0.25, 0.3) is 5.91 Å². The van der Waals surface area contributed by atoms with E-state index >= 15 is 0 Å². The van der Waals surface area contributed by atoms with Crippen molar-refractivity contribution in [2.75, 3.05) is 18.4 Å². The molecule has 9 heteroatoms. The van der Waals surface area contributed by atoms with Gasteiger partial charge in [0.1, 0.15) is 16.1 Å². The number of anilines is 1. The molecule has 3 aromatic rings. The maximum absolute atomic E-state index is 12.9. The van der Waals surface area contributed by atoms with Crippen LogP contribution in [-0.2, 0) is 10.0 Å². The molecule has 8 nitrogen and oxygen atoms in total. The van der Waals surface area contributed by atoms with Crippen LogP contribution in [0.3, 0.4) is 0 Å². The zero-order valence-electron chi connectivity index (χ0n) is 15.9. The fraction of sp³-hybridized carbons (Fsp3) is 0.238. The zero-order valence-corrected chi connectivity index (χ0v) is 16.7. The number of likely N-dealkylation sites (tertiary alicyclic amines) is 1. The van der Waals surface area contributed by atoms with Gasteiger partial charge < -0.3 is 14.6 Å². The predicted octanol–water partition coefficient (Wildman–Crippen LogP) is 2.13. The molecule has 0 atom stereocenters. The van der Waals surface area contributed by atoms with Crippen molar-refractivity contribution in [1.82, 2.24) is 9.62 Å². The number of fused-ring (bicyclic) bond motifs is 2. The molecule has 5 rings (SSSR count). The SMILES string of the molecule is O=C(c1cc(=O)c2ccccc2o1)N1CCC2(CC1)Nc1ccccc1S(=O)(=O)N2. The first kappa shape index (κ1) is 18.8. The summed E-state index contributed by atoms with van der Waals surface area (Å²) >= 11 is 0. The van der Waals surface area contributed by atoms with Crippen LogP contribution in [0.4, 0.5) is 5.69 Å². The number of hydrogen-bond donors (Lipinski definition) is 2. The molecule has 2 N–H and O–H groups in total. The summed E-state index contributed by atoms with van der Waals surface area (Å²) in [7, 11) is -3.65. The van der Waals surface area contributed by atoms with Gasteiger partial charge in [-0.1, -0.05) is 24.3 Å². The highest BCUT2D eigenvalue weighted by atomic mass is 32.2. The van der Waals surface area contributed by atoms with Crippen molar-refractivity contribution in [3.05, 3.63) is 70.6 Å². The number of para-hydroxylation sites is 2. The molecule has 0 bridgehead atoms. The van der Waals surface area contributed by atoms with Crippen LogP contribution >= 0.6 is 0 Å². The molecule has 1 amide bonds. The van der Waals surface area contributed by atoms with Gasteiger partial charge in [-0.25, -0.2) is 8.42 Å². The number of amides is 1. The Morgan fingerprint density at radius 1 is 1.03 bits per heavy atom. The van der Waals surface area contributed by atoms with Gasteiger partial charge in [-0.15, -0.1) is 0 Å². The van der Waals surface area contributed by atoms with E-state index in [9.17, 15) is 18.0 Å². The van der Waals surface area contributed by atoms with Gasteiger partial charge in [0.15, 0.2) is 11.2 Å². The van der Waals surface area contributed by atoms with Crippen LogP contribution in [0, 0.1) is 0 Å². The Kier molecular flexibility index (Phi) is 4.19. The van der Waals surface area contributed by atoms with E-state index in [4.69, 9.17) is 4.42 Å². The molecule has 0 radical (unpaired) electrons. The minimum atomic E-state index is -3.65. The molecule has 0 unspecified atom stereocenters. The minimum Gasteiger partial charge on any atom is -0.451 e. The van der Waals surface area contributed by atoms with Crippen molar-refractivity contribution in [3.63, 3.8) is 0 Å². The Morgan fingerprint density at radius 2 is 1.73 bits per heavy atom. The molecule has 3 heterocycles. The number of carbonyl (C=O) groups is 1. The van der Waals surface area contributed by atoms with Crippen LogP contribution in [0.15, 0.2) is 68.7 Å². The molecule has 2 aliphatic heterocycles. The van der Waals surface area contributed by atoms with Crippen molar-refractivity contribution in [3.8, 4) is 0 Å². The van der Waals surface area contributed by atoms with Gasteiger partial charge in [0.2, 0.25) is 10.0 Å². The number of nitrogens with one attached hydrogen (secondary N) is 2. The van der Waals surface area contributed by atoms with Crippen LogP contribution in [-0.4, -0.2) is 38.0 Å². The van der Waals surface area contributed by atoms with Gasteiger partial charge in [0, 0.05) is 32.0 Å². The molecule has 154 valence electrons. The van der Waals surface area contributed by atoms with Crippen molar-refractivity contribution >= 4 is 32.6 Å². The molecule has 1 spiro atoms. The van der Waals surface area contributed by atoms with Crippen LogP contribution in [0.5, 0.6) is 0 Å². The normalized spacial score (nSPS) is 19.3. The average Bonchev–Trinajstić information content (AvgIpc) is 2.73. The number of nitrogens with zero attached hydrogens (tertiary/aromatic N) is 1. The minimum absolute atomic E-state index is 0.0165. The largest absolute Gasteiger partial charge is 0.451 e. The van der Waals surface area contributed by atoms with Crippen molar-refractivity contribution in [1.29, 1.82) is 0 Å². The summed E-state index contributed by atoms with van der Waals surface area (Å²) in [4.78, 5) is 27.0. The Bertz CT molecular complexity index is 1320. The number of hydrogen-bond acceptors (Lipinski definition) is 6. The third-order valence-electron chi connectivity index (χ3n) is 5.63. The van der Waals surface area contributed by atoms with Gasteiger partial charge in [0.05, 0.1) is 11.1 Å². The quantitative estimate of drug-likeness (QED) is 0.618. The van der Waals surface area contributed by atoms with Crippen LogP contribution in [0.1, 0.15) is 23.4 Å². The summed E-state index contributed by atoms with van der Waals surface area (Å²) in [5, 5.41) is 3.72. The fourth-order valence-electron chi connectivity index (χ4n) is 4.08. The summed E-state index contributed by atoms with van der Waals surface area (Å²) in [6.45, 7) is 0.625. The lowest BCUT2D eigenvalue weighted by Gasteiger charge is -2.45. The average molecular weight is 425 g/mol. The molecular weight excluding hydrogens is 406 g/mol. The molecule has 30 heavy (non-hydrogen) atoms. The van der Waals surface area contributed by atoms with E-state index in [1.165, 1.54) is 6.07 Å². The Morgan fingerprint density at radius 3 is 2.53 bits per heavy atom. The standard InChI is InChI=1S/C21H19N3O5S/c25-16-13-18(29-17-7-3-1-5-14(16)17)20(26)24-11-9-21(10-12-24)22-15-6-2-4-8-19(15)30(27,28)23-21/h1-8,13,22-23H,9-12H2. The second-order valence-electron chi connectivity index (χ2n) is 7.57. The predicted molar refractivity (Wildman–Crippen MR) is 111 cm³/mol. The number of sulfonamides is 1. The monoisotopic (exact) mass is 425 g/mol. The van der Waals surface area contributed by atoms with E-state index in [1.807, 2.05) is 0 Å². The maximum atomic E-state index is 12.9. The van der Waals surface area contributed by atoms with Crippen molar-refractivity contribution in [2.24, 2.45) is 0 Å². The molecule has 0 saturated carbocycles. The molecule has 0 aliphatic carbocycles. The van der Waals surface area contributed by atoms with Gasteiger partial charge in [-0.2, -0.15) is 4.72 Å². The highest BCUT2D eigenvalue weighted by molar-refractivity contribution is 7.89. The highest BCUT2D eigenvalue weighted by Crippen LogP contribution is 2.35. The third kappa shape index (κ3) is 3.06. The second-order valence-corrected chi connectivity index (χ2v) is 9.22. The molecule has 2 aromatic carbocycles. The smallest absolute Gasteiger partial charge is 0.289 e. The summed E-state index contributed by atoms with van der Waals surface area (Å²) in [6, 6.07) is 14.7. The molecule has 2 aliphatic rings. The Hall–Kier alpha value is -3.17. The van der Waals surface area contributed by atoms with E-state index in [2.05, 4.69) is 10.0 Å². The Labute approximate surface area is 172 Å². The van der Waals surface area contributed by atoms with Crippen molar-refractivity contribution in [2.45, 2.75) is 23.4 Å². The van der Waals surface area contributed by atoms with E-state index in [1.54, 1.807) is 53.4 Å².